The normalized spacial score (nSPS) is 10.4. The molecule has 1 rings (SSSR count). The Morgan fingerprint density at radius 2 is 2.46 bits per heavy atom. The summed E-state index contributed by atoms with van der Waals surface area (Å²) in [6.45, 7) is 1.12. The van der Waals surface area contributed by atoms with E-state index in [1.54, 1.807) is 6.07 Å². The van der Waals surface area contributed by atoms with Crippen molar-refractivity contribution in [3.8, 4) is 0 Å². The molecule has 0 radical (unpaired) electrons. The molecule has 0 fully saturated rings. The Hall–Kier alpha value is -1.36. The zero-order chi connectivity index (χ0) is 9.68. The summed E-state index contributed by atoms with van der Waals surface area (Å²) in [5.74, 6) is -0.362. The molecular weight excluding hydrogens is 170 g/mol. The molecule has 0 aliphatic rings. The van der Waals surface area contributed by atoms with Gasteiger partial charge in [0.1, 0.15) is 12.3 Å². The zero-order valence-electron chi connectivity index (χ0n) is 7.78. The lowest BCUT2D eigenvalue weighted by atomic mass is 10.4. The van der Waals surface area contributed by atoms with Crippen molar-refractivity contribution in [1.82, 2.24) is 15.1 Å². The molecule has 0 spiro atoms. The van der Waals surface area contributed by atoms with Gasteiger partial charge in [0, 0.05) is 12.7 Å². The number of nitrogens with one attached hydrogen (secondary N) is 1. The van der Waals surface area contributed by atoms with Gasteiger partial charge in [0.05, 0.1) is 0 Å². The van der Waals surface area contributed by atoms with Gasteiger partial charge in [-0.3, -0.25) is 5.10 Å². The number of carbonyl (C=O) groups excluding carboxylic acids is 1. The highest BCUT2D eigenvalue weighted by Gasteiger charge is 2.07. The Kier molecular flexibility index (Phi) is 3.45. The summed E-state index contributed by atoms with van der Waals surface area (Å²) in [6, 6.07) is 1.58. The maximum atomic E-state index is 11.2. The smallest absolute Gasteiger partial charge is 0.356 e. The highest BCUT2D eigenvalue weighted by molar-refractivity contribution is 5.86. The van der Waals surface area contributed by atoms with Crippen LogP contribution in [0.15, 0.2) is 12.3 Å². The van der Waals surface area contributed by atoms with E-state index in [1.165, 1.54) is 6.20 Å². The van der Waals surface area contributed by atoms with Crippen LogP contribution in [-0.2, 0) is 4.74 Å². The van der Waals surface area contributed by atoms with Crippen LogP contribution in [0.3, 0.4) is 0 Å². The van der Waals surface area contributed by atoms with E-state index < -0.39 is 0 Å². The molecule has 1 N–H and O–H groups in total. The summed E-state index contributed by atoms with van der Waals surface area (Å²) in [7, 11) is 3.84. The number of aromatic nitrogens is 2. The summed E-state index contributed by atoms with van der Waals surface area (Å²) >= 11 is 0. The van der Waals surface area contributed by atoms with Crippen molar-refractivity contribution in [1.29, 1.82) is 0 Å². The Bertz CT molecular complexity index is 256. The SMILES string of the molecule is CN(C)CCOC(=O)c1ccn[nH]1. The zero-order valence-corrected chi connectivity index (χ0v) is 7.78. The summed E-state index contributed by atoms with van der Waals surface area (Å²) < 4.78 is 4.95. The van der Waals surface area contributed by atoms with E-state index in [1.807, 2.05) is 19.0 Å². The van der Waals surface area contributed by atoms with Crippen LogP contribution in [0, 0.1) is 0 Å². The first-order valence-corrected chi connectivity index (χ1v) is 4.01. The van der Waals surface area contributed by atoms with Gasteiger partial charge >= 0.3 is 5.97 Å². The average Bonchev–Trinajstić information content (AvgIpc) is 2.55. The number of rotatable bonds is 4. The Balaban J connectivity index is 2.27. The molecule has 0 saturated heterocycles. The molecule has 0 aliphatic carbocycles. The molecule has 5 heteroatoms. The number of hydrogen-bond acceptors (Lipinski definition) is 4. The number of carbonyl (C=O) groups is 1. The van der Waals surface area contributed by atoms with E-state index in [4.69, 9.17) is 4.74 Å². The number of ether oxygens (including phenoxy) is 1. The van der Waals surface area contributed by atoms with Gasteiger partial charge in [-0.2, -0.15) is 5.10 Å². The van der Waals surface area contributed by atoms with Gasteiger partial charge in [0.25, 0.3) is 0 Å². The lowest BCUT2D eigenvalue weighted by molar-refractivity contribution is 0.0475. The van der Waals surface area contributed by atoms with Crippen molar-refractivity contribution in [3.63, 3.8) is 0 Å². The molecule has 72 valence electrons. The summed E-state index contributed by atoms with van der Waals surface area (Å²) in [6.07, 6.45) is 1.52. The largest absolute Gasteiger partial charge is 0.460 e. The third kappa shape index (κ3) is 3.25. The lowest BCUT2D eigenvalue weighted by Crippen LogP contribution is -2.20. The Morgan fingerprint density at radius 1 is 1.69 bits per heavy atom. The van der Waals surface area contributed by atoms with Crippen LogP contribution >= 0.6 is 0 Å². The summed E-state index contributed by atoms with van der Waals surface area (Å²) in [4.78, 5) is 13.1. The third-order valence-corrected chi connectivity index (χ3v) is 1.49. The van der Waals surface area contributed by atoms with Crippen LogP contribution in [0.1, 0.15) is 10.5 Å². The van der Waals surface area contributed by atoms with Crippen LogP contribution in [0.2, 0.25) is 0 Å². The van der Waals surface area contributed by atoms with Crippen molar-refractivity contribution < 1.29 is 9.53 Å². The molecule has 1 aromatic heterocycles. The van der Waals surface area contributed by atoms with Crippen molar-refractivity contribution in [2.45, 2.75) is 0 Å². The molecule has 0 atom stereocenters. The van der Waals surface area contributed by atoms with Gasteiger partial charge in [0.15, 0.2) is 0 Å². The predicted octanol–water partition coefficient (Wildman–Crippen LogP) is 0.128. The number of hydrogen-bond donors (Lipinski definition) is 1. The summed E-state index contributed by atoms with van der Waals surface area (Å²) in [5.41, 5.74) is 0.388. The van der Waals surface area contributed by atoms with Crippen LogP contribution < -0.4 is 0 Å². The molecule has 1 aromatic rings. The van der Waals surface area contributed by atoms with Crippen molar-refractivity contribution in [2.75, 3.05) is 27.2 Å². The van der Waals surface area contributed by atoms with Crippen LogP contribution in [0.25, 0.3) is 0 Å². The van der Waals surface area contributed by atoms with Crippen molar-refractivity contribution in [2.24, 2.45) is 0 Å². The van der Waals surface area contributed by atoms with Crippen molar-refractivity contribution >= 4 is 5.97 Å². The maximum absolute atomic E-state index is 11.2. The molecule has 0 saturated carbocycles. The van der Waals surface area contributed by atoms with Crippen LogP contribution in [0.5, 0.6) is 0 Å². The molecule has 13 heavy (non-hydrogen) atoms. The fraction of sp³-hybridized carbons (Fsp3) is 0.500. The first kappa shape index (κ1) is 9.73. The fourth-order valence-corrected chi connectivity index (χ4v) is 0.768. The second kappa shape index (κ2) is 4.61. The second-order valence-corrected chi connectivity index (χ2v) is 2.91. The van der Waals surface area contributed by atoms with Gasteiger partial charge in [0.2, 0.25) is 0 Å². The average molecular weight is 183 g/mol. The van der Waals surface area contributed by atoms with E-state index in [0.29, 0.717) is 12.3 Å². The van der Waals surface area contributed by atoms with E-state index >= 15 is 0 Å². The Morgan fingerprint density at radius 3 is 3.00 bits per heavy atom. The van der Waals surface area contributed by atoms with Crippen LogP contribution in [-0.4, -0.2) is 48.3 Å². The van der Waals surface area contributed by atoms with Gasteiger partial charge in [-0.15, -0.1) is 0 Å². The second-order valence-electron chi connectivity index (χ2n) is 2.91. The standard InChI is InChI=1S/C8H13N3O2/c1-11(2)5-6-13-8(12)7-3-4-9-10-7/h3-4H,5-6H2,1-2H3,(H,9,10). The van der Waals surface area contributed by atoms with Gasteiger partial charge < -0.3 is 9.64 Å². The number of aromatic amines is 1. The lowest BCUT2D eigenvalue weighted by Gasteiger charge is -2.08. The molecule has 0 amide bonds. The number of esters is 1. The molecule has 1 heterocycles. The van der Waals surface area contributed by atoms with Crippen molar-refractivity contribution in [3.05, 3.63) is 18.0 Å². The monoisotopic (exact) mass is 183 g/mol. The van der Waals surface area contributed by atoms with Crippen LogP contribution in [0.4, 0.5) is 0 Å². The van der Waals surface area contributed by atoms with Gasteiger partial charge in [-0.1, -0.05) is 0 Å². The molecule has 0 aliphatic heterocycles. The highest BCUT2D eigenvalue weighted by atomic mass is 16.5. The number of likely N-dealkylation sites (N-methyl/N-ethyl adjacent to an activating group) is 1. The van der Waals surface area contributed by atoms with E-state index in [0.717, 1.165) is 6.54 Å². The van der Waals surface area contributed by atoms with E-state index in [2.05, 4.69) is 10.2 Å². The number of H-pyrrole nitrogens is 1. The molecular formula is C8H13N3O2. The molecule has 0 bridgehead atoms. The topological polar surface area (TPSA) is 58.2 Å². The molecule has 5 nitrogen and oxygen atoms in total. The molecule has 0 unspecified atom stereocenters. The van der Waals surface area contributed by atoms with Gasteiger partial charge in [-0.05, 0) is 20.2 Å². The fourth-order valence-electron chi connectivity index (χ4n) is 0.768. The minimum absolute atomic E-state index is 0.362. The number of nitrogens with zero attached hydrogens (tertiary/aromatic N) is 2. The first-order chi connectivity index (χ1) is 6.20. The third-order valence-electron chi connectivity index (χ3n) is 1.49. The van der Waals surface area contributed by atoms with Gasteiger partial charge in [-0.25, -0.2) is 4.79 Å². The molecule has 0 aromatic carbocycles. The minimum atomic E-state index is -0.362. The summed E-state index contributed by atoms with van der Waals surface area (Å²) in [5, 5.41) is 6.19. The quantitative estimate of drug-likeness (QED) is 0.674. The maximum Gasteiger partial charge on any atom is 0.356 e. The van der Waals surface area contributed by atoms with E-state index in [9.17, 15) is 4.79 Å². The minimum Gasteiger partial charge on any atom is -0.460 e. The van der Waals surface area contributed by atoms with E-state index in [-0.39, 0.29) is 5.97 Å². The highest BCUT2D eigenvalue weighted by Crippen LogP contribution is 1.94. The Labute approximate surface area is 76.7 Å². The predicted molar refractivity (Wildman–Crippen MR) is 47.4 cm³/mol. The first-order valence-electron chi connectivity index (χ1n) is 4.01.